The Morgan fingerprint density at radius 3 is 2.29 bits per heavy atom. The summed E-state index contributed by atoms with van der Waals surface area (Å²) in [5.41, 5.74) is 1.52. The number of hydrogen-bond donors (Lipinski definition) is 0. The molecule has 1 nitrogen and oxygen atoms in total. The van der Waals surface area contributed by atoms with Crippen LogP contribution in [0.2, 0.25) is 0 Å². The maximum absolute atomic E-state index is 2.74. The molecule has 0 N–H and O–H groups in total. The van der Waals surface area contributed by atoms with Crippen molar-refractivity contribution < 1.29 is 0 Å². The lowest BCUT2D eigenvalue weighted by molar-refractivity contribution is 0.255. The molecule has 14 heavy (non-hydrogen) atoms. The molecular formula is C12H18NP. The van der Waals surface area contributed by atoms with Crippen LogP contribution < -0.4 is 5.30 Å². The van der Waals surface area contributed by atoms with E-state index < -0.39 is 0 Å². The second kappa shape index (κ2) is 4.42. The number of benzene rings is 1. The average molecular weight is 207 g/mol. The molecule has 1 atom stereocenters. The van der Waals surface area contributed by atoms with Crippen molar-refractivity contribution in [2.45, 2.75) is 18.8 Å². The van der Waals surface area contributed by atoms with Gasteiger partial charge in [0.05, 0.1) is 0 Å². The Kier molecular flexibility index (Phi) is 3.20. The average Bonchev–Trinajstić information content (AvgIpc) is 2.21. The predicted molar refractivity (Wildman–Crippen MR) is 65.3 cm³/mol. The fourth-order valence-corrected chi connectivity index (χ4v) is 2.30. The Labute approximate surface area is 88.7 Å². The van der Waals surface area contributed by atoms with E-state index in [9.17, 15) is 0 Å². The highest BCUT2D eigenvalue weighted by molar-refractivity contribution is 7.27. The largest absolute Gasteiger partial charge is 0.306 e. The van der Waals surface area contributed by atoms with Crippen LogP contribution in [-0.4, -0.2) is 25.0 Å². The fourth-order valence-electron chi connectivity index (χ4n) is 2.11. The molecule has 0 aliphatic carbocycles. The summed E-state index contributed by atoms with van der Waals surface area (Å²) in [6.45, 7) is 2.49. The Balaban J connectivity index is 2.05. The van der Waals surface area contributed by atoms with Crippen LogP contribution in [0.5, 0.6) is 0 Å². The molecule has 1 aliphatic heterocycles. The molecule has 1 fully saturated rings. The van der Waals surface area contributed by atoms with Crippen molar-refractivity contribution in [2.75, 3.05) is 20.1 Å². The van der Waals surface area contributed by atoms with Gasteiger partial charge in [0.2, 0.25) is 0 Å². The minimum Gasteiger partial charge on any atom is -0.306 e. The summed E-state index contributed by atoms with van der Waals surface area (Å²) in [4.78, 5) is 2.42. The minimum atomic E-state index is 0.789. The Hall–Kier alpha value is -0.390. The molecule has 0 radical (unpaired) electrons. The molecule has 2 rings (SSSR count). The second-order valence-electron chi connectivity index (χ2n) is 4.24. The quantitative estimate of drug-likeness (QED) is 0.637. The normalized spacial score (nSPS) is 19.9. The van der Waals surface area contributed by atoms with Crippen LogP contribution in [0.3, 0.4) is 0 Å². The van der Waals surface area contributed by atoms with E-state index in [-0.39, 0.29) is 0 Å². The molecule has 0 aromatic heterocycles. The topological polar surface area (TPSA) is 3.24 Å². The molecular weight excluding hydrogens is 189 g/mol. The maximum Gasteiger partial charge on any atom is -0.00159 e. The lowest BCUT2D eigenvalue weighted by atomic mass is 9.90. The molecule has 2 heteroatoms. The van der Waals surface area contributed by atoms with Crippen molar-refractivity contribution in [1.29, 1.82) is 0 Å². The predicted octanol–water partition coefficient (Wildman–Crippen LogP) is 2.00. The highest BCUT2D eigenvalue weighted by Crippen LogP contribution is 2.26. The third-order valence-corrected chi connectivity index (χ3v) is 3.51. The van der Waals surface area contributed by atoms with Crippen LogP contribution in [-0.2, 0) is 0 Å². The van der Waals surface area contributed by atoms with E-state index >= 15 is 0 Å². The van der Waals surface area contributed by atoms with Crippen LogP contribution >= 0.6 is 9.24 Å². The maximum atomic E-state index is 2.74. The third kappa shape index (κ3) is 2.34. The molecule has 0 spiro atoms. The molecule has 1 aromatic carbocycles. The lowest BCUT2D eigenvalue weighted by Crippen LogP contribution is -2.29. The van der Waals surface area contributed by atoms with Crippen molar-refractivity contribution in [2.24, 2.45) is 0 Å². The molecule has 1 saturated heterocycles. The van der Waals surface area contributed by atoms with E-state index in [1.807, 2.05) is 0 Å². The number of likely N-dealkylation sites (tertiary alicyclic amines) is 1. The van der Waals surface area contributed by atoms with Gasteiger partial charge in [0.15, 0.2) is 0 Å². The zero-order valence-corrected chi connectivity index (χ0v) is 9.89. The van der Waals surface area contributed by atoms with Crippen molar-refractivity contribution >= 4 is 14.5 Å². The highest BCUT2D eigenvalue weighted by Gasteiger charge is 2.17. The van der Waals surface area contributed by atoms with Crippen LogP contribution in [0.15, 0.2) is 24.3 Å². The molecule has 1 aromatic rings. The lowest BCUT2D eigenvalue weighted by Gasteiger charge is -2.29. The molecule has 0 saturated carbocycles. The number of hydrogen-bond acceptors (Lipinski definition) is 1. The van der Waals surface area contributed by atoms with Gasteiger partial charge < -0.3 is 4.90 Å². The molecule has 0 amide bonds. The van der Waals surface area contributed by atoms with Gasteiger partial charge in [0, 0.05) is 0 Å². The van der Waals surface area contributed by atoms with Gasteiger partial charge in [-0.05, 0) is 49.8 Å². The van der Waals surface area contributed by atoms with Gasteiger partial charge in [0.25, 0.3) is 0 Å². The van der Waals surface area contributed by atoms with Gasteiger partial charge >= 0.3 is 0 Å². The summed E-state index contributed by atoms with van der Waals surface area (Å²) in [6, 6.07) is 8.94. The van der Waals surface area contributed by atoms with E-state index in [2.05, 4.69) is 45.5 Å². The Morgan fingerprint density at radius 2 is 1.71 bits per heavy atom. The smallest absolute Gasteiger partial charge is 0.00159 e. The van der Waals surface area contributed by atoms with Crippen molar-refractivity contribution in [3.8, 4) is 0 Å². The third-order valence-electron chi connectivity index (χ3n) is 3.13. The molecule has 1 heterocycles. The highest BCUT2D eigenvalue weighted by atomic mass is 31.0. The number of nitrogens with zero attached hydrogens (tertiary/aromatic N) is 1. The van der Waals surface area contributed by atoms with Gasteiger partial charge in [0.1, 0.15) is 0 Å². The summed E-state index contributed by atoms with van der Waals surface area (Å²) in [5.74, 6) is 0.789. The first-order chi connectivity index (χ1) is 6.75. The SMILES string of the molecule is CN1CCC(c2ccc(P)cc2)CC1. The zero-order valence-electron chi connectivity index (χ0n) is 8.74. The van der Waals surface area contributed by atoms with Crippen LogP contribution in [0.1, 0.15) is 24.3 Å². The second-order valence-corrected chi connectivity index (χ2v) is 4.91. The van der Waals surface area contributed by atoms with E-state index in [1.165, 1.54) is 36.8 Å². The summed E-state index contributed by atoms with van der Waals surface area (Å²) >= 11 is 0. The van der Waals surface area contributed by atoms with E-state index in [0.29, 0.717) is 0 Å². The van der Waals surface area contributed by atoms with E-state index in [0.717, 1.165) is 5.92 Å². The Morgan fingerprint density at radius 1 is 1.14 bits per heavy atom. The summed E-state index contributed by atoms with van der Waals surface area (Å²) in [5, 5.41) is 1.28. The van der Waals surface area contributed by atoms with Gasteiger partial charge in [-0.25, -0.2) is 0 Å². The number of rotatable bonds is 1. The monoisotopic (exact) mass is 207 g/mol. The van der Waals surface area contributed by atoms with Crippen LogP contribution in [0, 0.1) is 0 Å². The van der Waals surface area contributed by atoms with Gasteiger partial charge in [-0.15, -0.1) is 9.24 Å². The first-order valence-corrected chi connectivity index (χ1v) is 5.87. The van der Waals surface area contributed by atoms with Gasteiger partial charge in [-0.1, -0.05) is 24.3 Å². The Bertz CT molecular complexity index is 286. The van der Waals surface area contributed by atoms with E-state index in [4.69, 9.17) is 0 Å². The molecule has 0 bridgehead atoms. The van der Waals surface area contributed by atoms with E-state index in [1.54, 1.807) is 0 Å². The van der Waals surface area contributed by atoms with Crippen LogP contribution in [0.4, 0.5) is 0 Å². The van der Waals surface area contributed by atoms with Crippen molar-refractivity contribution in [3.05, 3.63) is 29.8 Å². The van der Waals surface area contributed by atoms with Gasteiger partial charge in [-0.2, -0.15) is 0 Å². The minimum absolute atomic E-state index is 0.789. The summed E-state index contributed by atoms with van der Waals surface area (Å²) in [7, 11) is 4.95. The zero-order chi connectivity index (χ0) is 9.97. The first kappa shape index (κ1) is 10.1. The summed E-state index contributed by atoms with van der Waals surface area (Å²) < 4.78 is 0. The standard InChI is InChI=1S/C12H18NP/c1-13-8-6-11(7-9-13)10-2-4-12(14)5-3-10/h2-5,11H,6-9,14H2,1H3. The number of piperidine rings is 1. The van der Waals surface area contributed by atoms with Crippen molar-refractivity contribution in [3.63, 3.8) is 0 Å². The first-order valence-electron chi connectivity index (χ1n) is 5.29. The fraction of sp³-hybridized carbons (Fsp3) is 0.500. The van der Waals surface area contributed by atoms with Gasteiger partial charge in [-0.3, -0.25) is 0 Å². The molecule has 76 valence electrons. The molecule has 1 aliphatic rings. The summed E-state index contributed by atoms with van der Waals surface area (Å²) in [6.07, 6.45) is 2.62. The van der Waals surface area contributed by atoms with Crippen molar-refractivity contribution in [1.82, 2.24) is 4.90 Å². The molecule has 1 unspecified atom stereocenters. The van der Waals surface area contributed by atoms with Crippen LogP contribution in [0.25, 0.3) is 0 Å².